The van der Waals surface area contributed by atoms with Gasteiger partial charge in [-0.05, 0) is 13.3 Å². The van der Waals surface area contributed by atoms with E-state index in [1.807, 2.05) is 13.8 Å². The second-order valence-corrected chi connectivity index (χ2v) is 5.98. The Balaban J connectivity index is 0. The molecule has 182 valence electrons. The second-order valence-electron chi connectivity index (χ2n) is 5.98. The van der Waals surface area contributed by atoms with Gasteiger partial charge in [0.1, 0.15) is 13.2 Å². The van der Waals surface area contributed by atoms with E-state index < -0.39 is 5.97 Å². The molecule has 0 aromatic rings. The first kappa shape index (κ1) is 31.1. The molecule has 0 aliphatic carbocycles. The third kappa shape index (κ3) is 27.9. The number of ether oxygens (including phenoxy) is 4. The summed E-state index contributed by atoms with van der Waals surface area (Å²) in [5, 5.41) is 13.7. The quantitative estimate of drug-likeness (QED) is 0.220. The van der Waals surface area contributed by atoms with Crippen molar-refractivity contribution in [1.82, 2.24) is 10.6 Å². The SMILES string of the molecule is CC.CC(=O)COCCOCCNC(=O)COCCOCCNC(=O)CCCC(=O)O. The topological polar surface area (TPSA) is 149 Å². The monoisotopic (exact) mass is 450 g/mol. The van der Waals surface area contributed by atoms with E-state index in [1.165, 1.54) is 6.92 Å². The van der Waals surface area contributed by atoms with Crippen molar-refractivity contribution in [2.45, 2.75) is 40.0 Å². The highest BCUT2D eigenvalue weighted by molar-refractivity contribution is 5.77. The lowest BCUT2D eigenvalue weighted by atomic mass is 10.2. The number of Topliss-reactive ketones (excluding diaryl/α,β-unsaturated/α-hetero) is 1. The van der Waals surface area contributed by atoms with Crippen LogP contribution in [0.2, 0.25) is 0 Å². The van der Waals surface area contributed by atoms with Crippen molar-refractivity contribution in [2.75, 3.05) is 65.9 Å². The summed E-state index contributed by atoms with van der Waals surface area (Å²) < 4.78 is 20.7. The van der Waals surface area contributed by atoms with E-state index in [4.69, 9.17) is 24.1 Å². The highest BCUT2D eigenvalue weighted by Gasteiger charge is 2.03. The molecule has 0 heterocycles. The van der Waals surface area contributed by atoms with Crippen LogP contribution in [0.15, 0.2) is 0 Å². The second kappa shape index (κ2) is 24.2. The fourth-order valence-corrected chi connectivity index (χ4v) is 1.89. The molecule has 0 aromatic carbocycles. The van der Waals surface area contributed by atoms with Crippen molar-refractivity contribution < 1.29 is 43.2 Å². The van der Waals surface area contributed by atoms with E-state index in [9.17, 15) is 19.2 Å². The molecule has 11 heteroatoms. The Labute approximate surface area is 184 Å². The smallest absolute Gasteiger partial charge is 0.303 e. The summed E-state index contributed by atoms with van der Waals surface area (Å²) in [6.07, 6.45) is 0.446. The Hall–Kier alpha value is -2.08. The third-order valence-electron chi connectivity index (χ3n) is 3.21. The van der Waals surface area contributed by atoms with Crippen molar-refractivity contribution in [3.05, 3.63) is 0 Å². The summed E-state index contributed by atoms with van der Waals surface area (Å²) in [6.45, 7) is 7.92. The van der Waals surface area contributed by atoms with Crippen molar-refractivity contribution in [2.24, 2.45) is 0 Å². The molecule has 31 heavy (non-hydrogen) atoms. The minimum Gasteiger partial charge on any atom is -0.481 e. The summed E-state index contributed by atoms with van der Waals surface area (Å²) in [5.41, 5.74) is 0. The number of carbonyl (C=O) groups excluding carboxylic acids is 3. The molecule has 0 rings (SSSR count). The van der Waals surface area contributed by atoms with Crippen LogP contribution < -0.4 is 10.6 Å². The van der Waals surface area contributed by atoms with Crippen LogP contribution in [0.1, 0.15) is 40.0 Å². The number of hydrogen-bond acceptors (Lipinski definition) is 8. The van der Waals surface area contributed by atoms with Gasteiger partial charge in [0.2, 0.25) is 11.8 Å². The summed E-state index contributed by atoms with van der Waals surface area (Å²) in [6, 6.07) is 0. The predicted molar refractivity (Wildman–Crippen MR) is 113 cm³/mol. The minimum atomic E-state index is -0.921. The first-order valence-corrected chi connectivity index (χ1v) is 10.5. The number of rotatable bonds is 20. The van der Waals surface area contributed by atoms with Crippen LogP contribution in [-0.2, 0) is 38.1 Å². The van der Waals surface area contributed by atoms with Gasteiger partial charge >= 0.3 is 5.97 Å². The van der Waals surface area contributed by atoms with Crippen LogP contribution in [0.5, 0.6) is 0 Å². The molecular formula is C20H38N2O9. The highest BCUT2D eigenvalue weighted by Crippen LogP contribution is 1.94. The lowest BCUT2D eigenvalue weighted by Crippen LogP contribution is -2.31. The molecule has 0 spiro atoms. The molecule has 3 N–H and O–H groups in total. The predicted octanol–water partition coefficient (Wildman–Crippen LogP) is 0.155. The number of amides is 2. The average Bonchev–Trinajstić information content (AvgIpc) is 2.72. The molecule has 0 radical (unpaired) electrons. The normalized spacial score (nSPS) is 10.0. The number of aliphatic carboxylic acids is 1. The van der Waals surface area contributed by atoms with Gasteiger partial charge in [0, 0.05) is 25.9 Å². The van der Waals surface area contributed by atoms with Crippen LogP contribution in [0.3, 0.4) is 0 Å². The van der Waals surface area contributed by atoms with Gasteiger partial charge in [-0.25, -0.2) is 0 Å². The molecule has 0 atom stereocenters. The molecule has 11 nitrogen and oxygen atoms in total. The van der Waals surface area contributed by atoms with Gasteiger partial charge in [0.05, 0.1) is 39.6 Å². The Bertz CT molecular complexity index is 487. The average molecular weight is 451 g/mol. The lowest BCUT2D eigenvalue weighted by molar-refractivity contribution is -0.137. The fourth-order valence-electron chi connectivity index (χ4n) is 1.89. The van der Waals surface area contributed by atoms with E-state index in [2.05, 4.69) is 10.6 Å². The maximum atomic E-state index is 11.5. The van der Waals surface area contributed by atoms with Gasteiger partial charge in [0.15, 0.2) is 5.78 Å². The Morgan fingerprint density at radius 3 is 1.68 bits per heavy atom. The molecule has 2 amide bonds. The van der Waals surface area contributed by atoms with Gasteiger partial charge < -0.3 is 34.7 Å². The maximum Gasteiger partial charge on any atom is 0.303 e. The lowest BCUT2D eigenvalue weighted by Gasteiger charge is -2.08. The third-order valence-corrected chi connectivity index (χ3v) is 3.21. The fraction of sp³-hybridized carbons (Fsp3) is 0.800. The van der Waals surface area contributed by atoms with Crippen LogP contribution >= 0.6 is 0 Å². The Morgan fingerprint density at radius 1 is 0.677 bits per heavy atom. The van der Waals surface area contributed by atoms with Crippen molar-refractivity contribution in [3.8, 4) is 0 Å². The summed E-state index contributed by atoms with van der Waals surface area (Å²) in [7, 11) is 0. The minimum absolute atomic E-state index is 0.0287. The van der Waals surface area contributed by atoms with Crippen molar-refractivity contribution in [3.63, 3.8) is 0 Å². The highest BCUT2D eigenvalue weighted by atomic mass is 16.5. The summed E-state index contributed by atoms with van der Waals surface area (Å²) in [4.78, 5) is 43.9. The van der Waals surface area contributed by atoms with Gasteiger partial charge in [-0.3, -0.25) is 19.2 Å². The summed E-state index contributed by atoms with van der Waals surface area (Å²) in [5.74, 6) is -1.44. The molecule has 0 aliphatic rings. The van der Waals surface area contributed by atoms with Crippen molar-refractivity contribution >= 4 is 23.6 Å². The first-order valence-electron chi connectivity index (χ1n) is 10.5. The molecule has 0 fully saturated rings. The maximum absolute atomic E-state index is 11.5. The van der Waals surface area contributed by atoms with E-state index in [0.29, 0.717) is 45.9 Å². The number of nitrogens with one attached hydrogen (secondary N) is 2. The number of hydrogen-bond donors (Lipinski definition) is 3. The molecule has 0 unspecified atom stereocenters. The molecular weight excluding hydrogens is 412 g/mol. The Kier molecular flexibility index (Phi) is 24.3. The van der Waals surface area contributed by atoms with Crippen molar-refractivity contribution in [1.29, 1.82) is 0 Å². The zero-order valence-corrected chi connectivity index (χ0v) is 18.9. The number of ketones is 1. The molecule has 0 saturated heterocycles. The van der Waals surface area contributed by atoms with E-state index in [-0.39, 0.29) is 56.9 Å². The summed E-state index contributed by atoms with van der Waals surface area (Å²) >= 11 is 0. The van der Waals surface area contributed by atoms with Crippen LogP contribution in [0.25, 0.3) is 0 Å². The number of carbonyl (C=O) groups is 4. The zero-order chi connectivity index (χ0) is 23.7. The van der Waals surface area contributed by atoms with E-state index in [0.717, 1.165) is 0 Å². The standard InChI is InChI=1S/C18H32N2O9.C2H6/c1-15(21)13-28-11-9-27-8-6-20-17(23)14-29-12-10-26-7-5-19-16(22)3-2-4-18(24)25;1-2/h2-14H2,1H3,(H,19,22)(H,20,23)(H,24,25);1-2H3. The van der Waals surface area contributed by atoms with Crippen LogP contribution in [0, 0.1) is 0 Å². The van der Waals surface area contributed by atoms with Gasteiger partial charge in [-0.15, -0.1) is 0 Å². The molecule has 0 aliphatic heterocycles. The molecule has 0 aromatic heterocycles. The molecule has 0 saturated carbocycles. The van der Waals surface area contributed by atoms with Crippen LogP contribution in [-0.4, -0.2) is 94.6 Å². The van der Waals surface area contributed by atoms with Gasteiger partial charge in [0.25, 0.3) is 0 Å². The number of carboxylic acid groups (broad SMARTS) is 1. The molecule has 0 bridgehead atoms. The Morgan fingerprint density at radius 2 is 1.16 bits per heavy atom. The largest absolute Gasteiger partial charge is 0.481 e. The van der Waals surface area contributed by atoms with Gasteiger partial charge in [-0.1, -0.05) is 13.8 Å². The zero-order valence-electron chi connectivity index (χ0n) is 18.9. The van der Waals surface area contributed by atoms with Gasteiger partial charge in [-0.2, -0.15) is 0 Å². The first-order chi connectivity index (χ1) is 14.9. The van der Waals surface area contributed by atoms with Crippen LogP contribution in [0.4, 0.5) is 0 Å². The number of carboxylic acids is 1. The van der Waals surface area contributed by atoms with E-state index >= 15 is 0 Å². The van der Waals surface area contributed by atoms with E-state index in [1.54, 1.807) is 0 Å².